The molecule has 1 atom stereocenters. The monoisotopic (exact) mass is 316 g/mol. The number of rotatable bonds is 4. The quantitative estimate of drug-likeness (QED) is 0.866. The normalized spacial score (nSPS) is 19.7. The molecule has 23 heavy (non-hydrogen) atoms. The van der Waals surface area contributed by atoms with Gasteiger partial charge in [-0.05, 0) is 30.0 Å². The predicted molar refractivity (Wildman–Crippen MR) is 89.4 cm³/mol. The molecule has 0 saturated carbocycles. The minimum Gasteiger partial charge on any atom is -0.464 e. The first-order chi connectivity index (χ1) is 11.1. The SMILES string of the molecule is CN(C)C(=O)CN1CCOC[C@H](Cc2ccc3ccoc3c2)C1. The van der Waals surface area contributed by atoms with Crippen molar-refractivity contribution in [3.05, 3.63) is 36.1 Å². The summed E-state index contributed by atoms with van der Waals surface area (Å²) in [6.07, 6.45) is 2.65. The Morgan fingerprint density at radius 2 is 2.22 bits per heavy atom. The molecule has 1 aromatic heterocycles. The summed E-state index contributed by atoms with van der Waals surface area (Å²) in [5.41, 5.74) is 2.18. The predicted octanol–water partition coefficient (Wildman–Crippen LogP) is 2.01. The highest BCUT2D eigenvalue weighted by Gasteiger charge is 2.21. The molecule has 5 heteroatoms. The van der Waals surface area contributed by atoms with Crippen LogP contribution in [0, 0.1) is 5.92 Å². The van der Waals surface area contributed by atoms with Crippen molar-refractivity contribution in [1.29, 1.82) is 0 Å². The molecule has 3 rings (SSSR count). The van der Waals surface area contributed by atoms with Gasteiger partial charge >= 0.3 is 0 Å². The number of hydrogen-bond donors (Lipinski definition) is 0. The lowest BCUT2D eigenvalue weighted by Gasteiger charge is -2.24. The highest BCUT2D eigenvalue weighted by molar-refractivity contribution is 5.78. The first-order valence-corrected chi connectivity index (χ1v) is 8.08. The highest BCUT2D eigenvalue weighted by Crippen LogP contribution is 2.20. The van der Waals surface area contributed by atoms with E-state index in [1.54, 1.807) is 25.3 Å². The van der Waals surface area contributed by atoms with Gasteiger partial charge < -0.3 is 14.1 Å². The van der Waals surface area contributed by atoms with Crippen molar-refractivity contribution in [2.75, 3.05) is 46.9 Å². The molecule has 0 aliphatic carbocycles. The van der Waals surface area contributed by atoms with Crippen LogP contribution in [0.15, 0.2) is 34.9 Å². The van der Waals surface area contributed by atoms with Gasteiger partial charge in [-0.25, -0.2) is 0 Å². The highest BCUT2D eigenvalue weighted by atomic mass is 16.5. The molecular weight excluding hydrogens is 292 g/mol. The standard InChI is InChI=1S/C18H24N2O3/c1-19(2)18(21)12-20-6-8-22-13-15(11-20)9-14-3-4-16-5-7-23-17(16)10-14/h3-5,7,10,15H,6,8-9,11-13H2,1-2H3/t15-/m1/s1. The zero-order valence-corrected chi connectivity index (χ0v) is 13.8. The number of fused-ring (bicyclic) bond motifs is 1. The molecule has 1 aromatic carbocycles. The van der Waals surface area contributed by atoms with Gasteiger partial charge in [-0.15, -0.1) is 0 Å². The van der Waals surface area contributed by atoms with E-state index < -0.39 is 0 Å². The molecule has 2 aromatic rings. The summed E-state index contributed by atoms with van der Waals surface area (Å²) in [6.45, 7) is 3.59. The van der Waals surface area contributed by atoms with Gasteiger partial charge in [0.15, 0.2) is 0 Å². The second-order valence-corrected chi connectivity index (χ2v) is 6.46. The van der Waals surface area contributed by atoms with E-state index in [0.717, 1.165) is 37.1 Å². The fourth-order valence-corrected chi connectivity index (χ4v) is 3.01. The van der Waals surface area contributed by atoms with Gasteiger partial charge in [0, 0.05) is 32.6 Å². The van der Waals surface area contributed by atoms with Gasteiger partial charge in [0.1, 0.15) is 5.58 Å². The summed E-state index contributed by atoms with van der Waals surface area (Å²) in [5.74, 6) is 0.530. The number of hydrogen-bond acceptors (Lipinski definition) is 4. The van der Waals surface area contributed by atoms with Crippen LogP contribution >= 0.6 is 0 Å². The largest absolute Gasteiger partial charge is 0.464 e. The van der Waals surface area contributed by atoms with Gasteiger partial charge in [0.25, 0.3) is 0 Å². The summed E-state index contributed by atoms with van der Waals surface area (Å²) >= 11 is 0. The van der Waals surface area contributed by atoms with E-state index in [4.69, 9.17) is 9.15 Å². The fourth-order valence-electron chi connectivity index (χ4n) is 3.01. The van der Waals surface area contributed by atoms with Gasteiger partial charge in [-0.1, -0.05) is 12.1 Å². The Balaban J connectivity index is 1.64. The van der Waals surface area contributed by atoms with E-state index in [1.165, 1.54) is 5.56 Å². The van der Waals surface area contributed by atoms with Crippen LogP contribution in [0.5, 0.6) is 0 Å². The number of amides is 1. The van der Waals surface area contributed by atoms with Crippen molar-refractivity contribution in [1.82, 2.24) is 9.80 Å². The lowest BCUT2D eigenvalue weighted by Crippen LogP contribution is -2.39. The Morgan fingerprint density at radius 3 is 3.04 bits per heavy atom. The van der Waals surface area contributed by atoms with Gasteiger partial charge in [0.2, 0.25) is 5.91 Å². The van der Waals surface area contributed by atoms with Crippen LogP contribution in [0.2, 0.25) is 0 Å². The molecule has 124 valence electrons. The summed E-state index contributed by atoms with van der Waals surface area (Å²) in [5, 5.41) is 1.13. The number of ether oxygens (including phenoxy) is 1. The first kappa shape index (κ1) is 16.0. The van der Waals surface area contributed by atoms with E-state index in [1.807, 2.05) is 6.07 Å². The van der Waals surface area contributed by atoms with E-state index in [9.17, 15) is 4.79 Å². The third-order valence-electron chi connectivity index (χ3n) is 4.32. The summed E-state index contributed by atoms with van der Waals surface area (Å²) in [4.78, 5) is 15.8. The summed E-state index contributed by atoms with van der Waals surface area (Å²) < 4.78 is 11.2. The summed E-state index contributed by atoms with van der Waals surface area (Å²) in [7, 11) is 3.60. The number of benzene rings is 1. The maximum atomic E-state index is 11.9. The Bertz CT molecular complexity index is 665. The minimum atomic E-state index is 0.141. The van der Waals surface area contributed by atoms with Crippen LogP contribution in [0.4, 0.5) is 0 Å². The molecule has 1 saturated heterocycles. The maximum Gasteiger partial charge on any atom is 0.236 e. The third-order valence-corrected chi connectivity index (χ3v) is 4.32. The second kappa shape index (κ2) is 7.15. The molecule has 0 spiro atoms. The molecule has 1 amide bonds. The Kier molecular flexibility index (Phi) is 4.98. The summed E-state index contributed by atoms with van der Waals surface area (Å²) in [6, 6.07) is 8.33. The Hall–Kier alpha value is -1.85. The van der Waals surface area contributed by atoms with E-state index >= 15 is 0 Å². The van der Waals surface area contributed by atoms with Crippen molar-refractivity contribution >= 4 is 16.9 Å². The van der Waals surface area contributed by atoms with E-state index in [-0.39, 0.29) is 5.91 Å². The number of furan rings is 1. The zero-order valence-electron chi connectivity index (χ0n) is 13.8. The Labute approximate surface area is 136 Å². The minimum absolute atomic E-state index is 0.141. The van der Waals surface area contributed by atoms with Crippen molar-refractivity contribution in [3.63, 3.8) is 0 Å². The number of nitrogens with zero attached hydrogens (tertiary/aromatic N) is 2. The van der Waals surface area contributed by atoms with Crippen LogP contribution in [0.3, 0.4) is 0 Å². The van der Waals surface area contributed by atoms with Gasteiger partial charge in [0.05, 0.1) is 26.0 Å². The molecule has 1 aliphatic rings. The second-order valence-electron chi connectivity index (χ2n) is 6.46. The van der Waals surface area contributed by atoms with Gasteiger partial charge in [-0.3, -0.25) is 9.69 Å². The van der Waals surface area contributed by atoms with Crippen molar-refractivity contribution < 1.29 is 13.9 Å². The average molecular weight is 316 g/mol. The molecule has 2 heterocycles. The molecule has 0 bridgehead atoms. The Morgan fingerprint density at radius 1 is 1.35 bits per heavy atom. The third kappa shape index (κ3) is 4.12. The van der Waals surface area contributed by atoms with Crippen LogP contribution in [-0.4, -0.2) is 62.7 Å². The van der Waals surface area contributed by atoms with Crippen molar-refractivity contribution in [2.45, 2.75) is 6.42 Å². The zero-order chi connectivity index (χ0) is 16.2. The molecule has 5 nitrogen and oxygen atoms in total. The van der Waals surface area contributed by atoms with E-state index in [2.05, 4.69) is 23.1 Å². The lowest BCUT2D eigenvalue weighted by molar-refractivity contribution is -0.129. The van der Waals surface area contributed by atoms with E-state index in [0.29, 0.717) is 19.1 Å². The number of carbonyl (C=O) groups is 1. The molecule has 0 radical (unpaired) electrons. The van der Waals surface area contributed by atoms with Crippen LogP contribution in [0.1, 0.15) is 5.56 Å². The molecule has 1 fully saturated rings. The average Bonchev–Trinajstić information content (AvgIpc) is 2.87. The van der Waals surface area contributed by atoms with Crippen LogP contribution in [0.25, 0.3) is 11.0 Å². The molecular formula is C18H24N2O3. The smallest absolute Gasteiger partial charge is 0.236 e. The van der Waals surface area contributed by atoms with Crippen LogP contribution < -0.4 is 0 Å². The number of likely N-dealkylation sites (N-methyl/N-ethyl adjacent to an activating group) is 1. The first-order valence-electron chi connectivity index (χ1n) is 8.08. The van der Waals surface area contributed by atoms with Crippen molar-refractivity contribution in [3.8, 4) is 0 Å². The van der Waals surface area contributed by atoms with Gasteiger partial charge in [-0.2, -0.15) is 0 Å². The number of carbonyl (C=O) groups excluding carboxylic acids is 1. The van der Waals surface area contributed by atoms with Crippen LogP contribution in [-0.2, 0) is 16.0 Å². The molecule has 0 N–H and O–H groups in total. The molecule has 0 unspecified atom stereocenters. The fraction of sp³-hybridized carbons (Fsp3) is 0.500. The lowest BCUT2D eigenvalue weighted by atomic mass is 9.99. The van der Waals surface area contributed by atoms with Crippen molar-refractivity contribution in [2.24, 2.45) is 5.92 Å². The maximum absolute atomic E-state index is 11.9. The topological polar surface area (TPSA) is 45.9 Å². The molecule has 1 aliphatic heterocycles.